The minimum absolute atomic E-state index is 0.165. The molecule has 0 N–H and O–H groups in total. The third-order valence-electron chi connectivity index (χ3n) is 2.27. The number of alkyl halides is 1. The third kappa shape index (κ3) is 1.16. The van der Waals surface area contributed by atoms with Crippen molar-refractivity contribution in [2.45, 2.75) is 18.2 Å². The summed E-state index contributed by atoms with van der Waals surface area (Å²) in [5, 5.41) is 0.165. The Morgan fingerprint density at radius 3 is 3.17 bits per heavy atom. The van der Waals surface area contributed by atoms with E-state index >= 15 is 0 Å². The van der Waals surface area contributed by atoms with Crippen LogP contribution in [0.4, 0.5) is 0 Å². The van der Waals surface area contributed by atoms with Gasteiger partial charge >= 0.3 is 0 Å². The summed E-state index contributed by atoms with van der Waals surface area (Å²) < 4.78 is 0. The number of hydrogen-bond acceptors (Lipinski definition) is 0. The zero-order chi connectivity index (χ0) is 8.55. The van der Waals surface area contributed by atoms with Crippen LogP contribution in [0, 0.1) is 6.07 Å². The number of rotatable bonds is 1. The van der Waals surface area contributed by atoms with Gasteiger partial charge in [-0.1, -0.05) is 24.3 Å². The quantitative estimate of drug-likeness (QED) is 0.578. The van der Waals surface area contributed by atoms with Gasteiger partial charge in [0.1, 0.15) is 0 Å². The molecule has 12 heavy (non-hydrogen) atoms. The Balaban J connectivity index is 2.42. The van der Waals surface area contributed by atoms with E-state index < -0.39 is 0 Å². The summed E-state index contributed by atoms with van der Waals surface area (Å²) in [6.45, 7) is 2.03. The molecule has 0 spiro atoms. The number of allylic oxidation sites excluding steroid dienone is 1. The molecular weight excluding hydrogens is 168 g/mol. The van der Waals surface area contributed by atoms with Gasteiger partial charge in [-0.15, -0.1) is 11.6 Å². The van der Waals surface area contributed by atoms with Crippen molar-refractivity contribution >= 4 is 17.7 Å². The highest BCUT2D eigenvalue weighted by Gasteiger charge is 2.20. The Morgan fingerprint density at radius 2 is 2.42 bits per heavy atom. The van der Waals surface area contributed by atoms with Crippen LogP contribution in [-0.4, -0.2) is 5.38 Å². The molecule has 1 aliphatic rings. The van der Waals surface area contributed by atoms with E-state index in [-0.39, 0.29) is 5.38 Å². The summed E-state index contributed by atoms with van der Waals surface area (Å²) in [5.74, 6) is 0.374. The van der Waals surface area contributed by atoms with Crippen LogP contribution in [-0.2, 0) is 0 Å². The van der Waals surface area contributed by atoms with Crippen molar-refractivity contribution < 1.29 is 0 Å². The number of halogens is 1. The molecule has 1 heteroatoms. The maximum absolute atomic E-state index is 6.05. The molecule has 1 aromatic rings. The standard InChI is InChI=1S/C11H10Cl/c1-8(12)10-7-6-9-4-2-3-5-11(9)10/h2,4-8,10H,1H3. The van der Waals surface area contributed by atoms with E-state index in [1.807, 2.05) is 19.1 Å². The highest BCUT2D eigenvalue weighted by molar-refractivity contribution is 6.21. The van der Waals surface area contributed by atoms with E-state index in [0.717, 1.165) is 0 Å². The fraction of sp³-hybridized carbons (Fsp3) is 0.273. The second-order valence-corrected chi connectivity index (χ2v) is 3.81. The predicted octanol–water partition coefficient (Wildman–Crippen LogP) is 3.22. The first-order chi connectivity index (χ1) is 5.79. The van der Waals surface area contributed by atoms with Crippen molar-refractivity contribution in [3.63, 3.8) is 0 Å². The van der Waals surface area contributed by atoms with Gasteiger partial charge in [-0.3, -0.25) is 0 Å². The molecule has 0 aromatic heterocycles. The molecule has 1 radical (unpaired) electrons. The molecule has 0 saturated heterocycles. The third-order valence-corrected chi connectivity index (χ3v) is 2.54. The molecule has 2 unspecified atom stereocenters. The van der Waals surface area contributed by atoms with Crippen LogP contribution in [0.5, 0.6) is 0 Å². The summed E-state index contributed by atoms with van der Waals surface area (Å²) in [4.78, 5) is 0. The molecule has 0 amide bonds. The SMILES string of the molecule is CC(Cl)C1C=Cc2cc[c]cc21. The number of fused-ring (bicyclic) bond motifs is 1. The van der Waals surface area contributed by atoms with Gasteiger partial charge < -0.3 is 0 Å². The van der Waals surface area contributed by atoms with E-state index in [2.05, 4.69) is 24.3 Å². The van der Waals surface area contributed by atoms with Crippen molar-refractivity contribution in [2.24, 2.45) is 0 Å². The molecule has 2 atom stereocenters. The highest BCUT2D eigenvalue weighted by atomic mass is 35.5. The van der Waals surface area contributed by atoms with Crippen LogP contribution in [0.1, 0.15) is 24.0 Å². The smallest absolute Gasteiger partial charge is 0.0411 e. The molecule has 0 heterocycles. The van der Waals surface area contributed by atoms with Gasteiger partial charge in [0.2, 0.25) is 0 Å². The normalized spacial score (nSPS) is 22.3. The molecule has 0 fully saturated rings. The fourth-order valence-electron chi connectivity index (χ4n) is 1.61. The van der Waals surface area contributed by atoms with Gasteiger partial charge in [0.05, 0.1) is 0 Å². The summed E-state index contributed by atoms with van der Waals surface area (Å²) in [6.07, 6.45) is 4.29. The van der Waals surface area contributed by atoms with Crippen LogP contribution in [0.2, 0.25) is 0 Å². The van der Waals surface area contributed by atoms with Gasteiger partial charge in [-0.05, 0) is 30.2 Å². The number of benzene rings is 1. The molecule has 0 saturated carbocycles. The minimum Gasteiger partial charge on any atom is -0.122 e. The van der Waals surface area contributed by atoms with Crippen LogP contribution in [0.25, 0.3) is 6.08 Å². The molecule has 2 rings (SSSR count). The monoisotopic (exact) mass is 177 g/mol. The van der Waals surface area contributed by atoms with Gasteiger partial charge in [0.15, 0.2) is 0 Å². The average molecular weight is 178 g/mol. The van der Waals surface area contributed by atoms with Crippen LogP contribution in [0.15, 0.2) is 24.3 Å². The Labute approximate surface area is 77.9 Å². The summed E-state index contributed by atoms with van der Waals surface area (Å²) >= 11 is 6.05. The van der Waals surface area contributed by atoms with Gasteiger partial charge in [0, 0.05) is 11.3 Å². The van der Waals surface area contributed by atoms with Gasteiger partial charge in [0.25, 0.3) is 0 Å². The molecule has 0 nitrogen and oxygen atoms in total. The minimum atomic E-state index is 0.165. The van der Waals surface area contributed by atoms with Crippen molar-refractivity contribution in [3.8, 4) is 0 Å². The summed E-state index contributed by atoms with van der Waals surface area (Å²) in [5.41, 5.74) is 2.59. The van der Waals surface area contributed by atoms with Gasteiger partial charge in [-0.2, -0.15) is 0 Å². The highest BCUT2D eigenvalue weighted by Crippen LogP contribution is 2.33. The summed E-state index contributed by atoms with van der Waals surface area (Å²) in [7, 11) is 0. The molecular formula is C11H10Cl. The van der Waals surface area contributed by atoms with E-state index in [1.54, 1.807) is 0 Å². The largest absolute Gasteiger partial charge is 0.122 e. The molecule has 61 valence electrons. The molecule has 1 aromatic carbocycles. The maximum Gasteiger partial charge on any atom is 0.0411 e. The van der Waals surface area contributed by atoms with Crippen molar-refractivity contribution in [2.75, 3.05) is 0 Å². The lowest BCUT2D eigenvalue weighted by Gasteiger charge is -2.12. The van der Waals surface area contributed by atoms with Crippen molar-refractivity contribution in [1.82, 2.24) is 0 Å². The van der Waals surface area contributed by atoms with Crippen molar-refractivity contribution in [3.05, 3.63) is 41.5 Å². The Morgan fingerprint density at radius 1 is 1.58 bits per heavy atom. The van der Waals surface area contributed by atoms with Gasteiger partial charge in [-0.25, -0.2) is 0 Å². The second-order valence-electron chi connectivity index (χ2n) is 3.12. The van der Waals surface area contributed by atoms with E-state index in [1.165, 1.54) is 11.1 Å². The number of hydrogen-bond donors (Lipinski definition) is 0. The van der Waals surface area contributed by atoms with Crippen molar-refractivity contribution in [1.29, 1.82) is 0 Å². The lowest BCUT2D eigenvalue weighted by molar-refractivity contribution is 0.828. The first-order valence-corrected chi connectivity index (χ1v) is 4.55. The van der Waals surface area contributed by atoms with Crippen LogP contribution in [0.3, 0.4) is 0 Å². The molecule has 1 aliphatic carbocycles. The zero-order valence-electron chi connectivity index (χ0n) is 6.92. The summed E-state index contributed by atoms with van der Waals surface area (Å²) in [6, 6.07) is 9.12. The lowest BCUT2D eigenvalue weighted by Crippen LogP contribution is -2.04. The van der Waals surface area contributed by atoms with Crippen LogP contribution < -0.4 is 0 Å². The first-order valence-electron chi connectivity index (χ1n) is 4.11. The Hall–Kier alpha value is -0.750. The van der Waals surface area contributed by atoms with E-state index in [4.69, 9.17) is 11.6 Å². The topological polar surface area (TPSA) is 0 Å². The Kier molecular flexibility index (Phi) is 1.93. The molecule has 0 aliphatic heterocycles. The molecule has 0 bridgehead atoms. The maximum atomic E-state index is 6.05. The first kappa shape index (κ1) is 7.88. The van der Waals surface area contributed by atoms with Crippen LogP contribution >= 0.6 is 11.6 Å². The zero-order valence-corrected chi connectivity index (χ0v) is 7.68. The Bertz CT molecular complexity index is 313. The van der Waals surface area contributed by atoms with E-state index in [0.29, 0.717) is 5.92 Å². The predicted molar refractivity (Wildman–Crippen MR) is 52.4 cm³/mol. The van der Waals surface area contributed by atoms with E-state index in [9.17, 15) is 0 Å². The lowest BCUT2D eigenvalue weighted by atomic mass is 9.98. The second kappa shape index (κ2) is 2.95. The average Bonchev–Trinajstić information content (AvgIpc) is 2.47. The fourth-order valence-corrected chi connectivity index (χ4v) is 1.83.